The van der Waals surface area contributed by atoms with Gasteiger partial charge in [0, 0.05) is 0 Å². The SMILES string of the molecule is O=[C-]O.O=[C-]O.O=[C-]O.[Au+3].c1ccc(P(c2ccccc2)c2ccccc2)cc1. The summed E-state index contributed by atoms with van der Waals surface area (Å²) >= 11 is 0. The first-order chi connectivity index (χ1) is 13.7. The minimum atomic E-state index is -0.446. The van der Waals surface area contributed by atoms with Crippen molar-refractivity contribution in [1.82, 2.24) is 0 Å². The first-order valence-corrected chi connectivity index (χ1v) is 9.03. The van der Waals surface area contributed by atoms with E-state index < -0.39 is 7.92 Å². The summed E-state index contributed by atoms with van der Waals surface area (Å²) in [7, 11) is -0.446. The molecule has 0 amide bonds. The van der Waals surface area contributed by atoms with Crippen LogP contribution < -0.4 is 15.9 Å². The summed E-state index contributed by atoms with van der Waals surface area (Å²) in [5.74, 6) is 0. The van der Waals surface area contributed by atoms with Crippen LogP contribution in [0.15, 0.2) is 91.0 Å². The van der Waals surface area contributed by atoms with E-state index in [4.69, 9.17) is 29.7 Å². The third-order valence-corrected chi connectivity index (χ3v) is 5.49. The van der Waals surface area contributed by atoms with E-state index in [1.54, 1.807) is 0 Å². The second-order valence-corrected chi connectivity index (χ2v) is 6.84. The molecule has 0 unspecified atom stereocenters. The van der Waals surface area contributed by atoms with Gasteiger partial charge in [-0.3, -0.25) is 0 Å². The molecular formula is C21H18AuO6P. The third-order valence-electron chi connectivity index (χ3n) is 3.04. The molecule has 0 atom stereocenters. The Morgan fingerprint density at radius 1 is 0.483 bits per heavy atom. The van der Waals surface area contributed by atoms with Gasteiger partial charge in [0.05, 0.1) is 0 Å². The Kier molecular flexibility index (Phi) is 19.6. The first kappa shape index (κ1) is 28.4. The number of hydrogen-bond acceptors (Lipinski definition) is 3. The molecule has 0 aliphatic carbocycles. The van der Waals surface area contributed by atoms with Crippen LogP contribution in [0, 0.1) is 0 Å². The number of benzene rings is 3. The van der Waals surface area contributed by atoms with E-state index in [9.17, 15) is 0 Å². The second-order valence-electron chi connectivity index (χ2n) is 4.62. The molecule has 0 aliphatic rings. The van der Waals surface area contributed by atoms with Crippen molar-refractivity contribution >= 4 is 43.3 Å². The van der Waals surface area contributed by atoms with Crippen molar-refractivity contribution in [2.24, 2.45) is 0 Å². The van der Waals surface area contributed by atoms with Crippen LogP contribution >= 0.6 is 7.92 Å². The molecule has 0 spiro atoms. The van der Waals surface area contributed by atoms with Gasteiger partial charge in [-0.1, -0.05) is 110 Å². The van der Waals surface area contributed by atoms with Crippen LogP contribution in [-0.2, 0) is 36.8 Å². The van der Waals surface area contributed by atoms with E-state index in [2.05, 4.69) is 91.0 Å². The van der Waals surface area contributed by atoms with E-state index in [1.165, 1.54) is 15.9 Å². The Morgan fingerprint density at radius 2 is 0.655 bits per heavy atom. The zero-order valence-corrected chi connectivity index (χ0v) is 18.0. The van der Waals surface area contributed by atoms with Crippen molar-refractivity contribution in [1.29, 1.82) is 0 Å². The summed E-state index contributed by atoms with van der Waals surface area (Å²) in [5.41, 5.74) is 0. The van der Waals surface area contributed by atoms with Crippen molar-refractivity contribution in [3.8, 4) is 0 Å². The maximum absolute atomic E-state index is 8.24. The fraction of sp³-hybridized carbons (Fsp3) is 0. The van der Waals surface area contributed by atoms with E-state index >= 15 is 0 Å². The number of aliphatic hydroxyl groups excluding tert-OH is 3. The van der Waals surface area contributed by atoms with Crippen molar-refractivity contribution in [2.75, 3.05) is 0 Å². The van der Waals surface area contributed by atoms with Crippen LogP contribution in [-0.4, -0.2) is 34.7 Å². The van der Waals surface area contributed by atoms with Gasteiger partial charge < -0.3 is 29.7 Å². The maximum atomic E-state index is 8.24. The Hall–Kier alpha value is -2.76. The molecule has 3 aromatic carbocycles. The summed E-state index contributed by atoms with van der Waals surface area (Å²) in [6.45, 7) is 1.50. The van der Waals surface area contributed by atoms with Crippen LogP contribution in [0.1, 0.15) is 0 Å². The summed E-state index contributed by atoms with van der Waals surface area (Å²) in [4.78, 5) is 24.7. The van der Waals surface area contributed by atoms with Crippen LogP contribution in [0.2, 0.25) is 0 Å². The van der Waals surface area contributed by atoms with Gasteiger partial charge in [0.2, 0.25) is 0 Å². The maximum Gasteiger partial charge on any atom is 3.00 e. The molecule has 0 saturated heterocycles. The monoisotopic (exact) mass is 594 g/mol. The van der Waals surface area contributed by atoms with E-state index in [-0.39, 0.29) is 22.4 Å². The molecule has 6 nitrogen and oxygen atoms in total. The van der Waals surface area contributed by atoms with E-state index in [1.807, 2.05) is 0 Å². The van der Waals surface area contributed by atoms with Crippen molar-refractivity contribution in [3.05, 3.63) is 91.0 Å². The molecular weight excluding hydrogens is 576 g/mol. The first-order valence-electron chi connectivity index (χ1n) is 7.69. The van der Waals surface area contributed by atoms with Crippen LogP contribution in [0.4, 0.5) is 0 Å². The molecule has 0 aromatic heterocycles. The molecule has 0 fully saturated rings. The molecule has 0 saturated carbocycles. The fourth-order valence-corrected chi connectivity index (χ4v) is 4.48. The van der Waals surface area contributed by atoms with Crippen LogP contribution in [0.5, 0.6) is 0 Å². The van der Waals surface area contributed by atoms with Crippen molar-refractivity contribution in [2.45, 2.75) is 0 Å². The predicted octanol–water partition coefficient (Wildman–Crippen LogP) is 2.28. The Labute approximate surface area is 186 Å². The summed E-state index contributed by atoms with van der Waals surface area (Å²) in [5, 5.41) is 24.5. The van der Waals surface area contributed by atoms with Crippen LogP contribution in [0.25, 0.3) is 0 Å². The molecule has 0 aliphatic heterocycles. The summed E-state index contributed by atoms with van der Waals surface area (Å²) < 4.78 is 0. The van der Waals surface area contributed by atoms with Crippen molar-refractivity contribution in [3.63, 3.8) is 0 Å². The smallest absolute Gasteiger partial charge is 0.665 e. The summed E-state index contributed by atoms with van der Waals surface area (Å²) in [6.07, 6.45) is 0. The molecule has 0 radical (unpaired) electrons. The molecule has 8 heteroatoms. The van der Waals surface area contributed by atoms with E-state index in [0.717, 1.165) is 0 Å². The van der Waals surface area contributed by atoms with Gasteiger partial charge in [0.1, 0.15) is 0 Å². The minimum Gasteiger partial charge on any atom is -0.665 e. The Balaban J connectivity index is 0. The molecule has 29 heavy (non-hydrogen) atoms. The van der Waals surface area contributed by atoms with Gasteiger partial charge in [-0.2, -0.15) is 0 Å². The zero-order valence-electron chi connectivity index (χ0n) is 15.0. The minimum absolute atomic E-state index is 0. The van der Waals surface area contributed by atoms with Gasteiger partial charge >= 0.3 is 22.4 Å². The van der Waals surface area contributed by atoms with Gasteiger partial charge in [0.25, 0.3) is 0 Å². The normalized spacial score (nSPS) is 8.17. The molecule has 3 aromatic rings. The number of rotatable bonds is 3. The topological polar surface area (TPSA) is 112 Å². The Morgan fingerprint density at radius 3 is 0.828 bits per heavy atom. The van der Waals surface area contributed by atoms with Gasteiger partial charge in [0.15, 0.2) is 0 Å². The van der Waals surface area contributed by atoms with Crippen molar-refractivity contribution < 1.29 is 52.1 Å². The molecule has 3 rings (SSSR count). The number of hydrogen-bond donors (Lipinski definition) is 3. The molecule has 154 valence electrons. The summed E-state index contributed by atoms with van der Waals surface area (Å²) in [6, 6.07) is 32.3. The fourth-order valence-electron chi connectivity index (χ4n) is 2.18. The molecule has 3 N–H and O–H groups in total. The van der Waals surface area contributed by atoms with Gasteiger partial charge in [-0.05, 0) is 23.8 Å². The average molecular weight is 594 g/mol. The Bertz CT molecular complexity index is 665. The van der Waals surface area contributed by atoms with E-state index in [0.29, 0.717) is 19.4 Å². The average Bonchev–Trinajstić information content (AvgIpc) is 2.73. The third kappa shape index (κ3) is 12.3. The van der Waals surface area contributed by atoms with Crippen LogP contribution in [0.3, 0.4) is 0 Å². The quantitative estimate of drug-likeness (QED) is 0.244. The molecule has 0 bridgehead atoms. The predicted molar refractivity (Wildman–Crippen MR) is 110 cm³/mol. The standard InChI is InChI=1S/C18H15P.3CHO2.Au/c1-4-10-16(11-5-1)19(17-12-6-2-7-13-17)18-14-8-3-9-15-18;3*2-1-3;/h1-15H;3*(H,2,3);/q;3*-1;+3. The largest absolute Gasteiger partial charge is 3.00 e. The zero-order chi connectivity index (χ0) is 21.0. The molecule has 0 heterocycles. The second kappa shape index (κ2) is 20.0. The van der Waals surface area contributed by atoms with Gasteiger partial charge in [-0.15, -0.1) is 0 Å². The van der Waals surface area contributed by atoms with Gasteiger partial charge in [-0.25, -0.2) is 0 Å².